The molecule has 0 saturated carbocycles. The number of hydrogen-bond donors (Lipinski definition) is 1. The van der Waals surface area contributed by atoms with E-state index in [2.05, 4.69) is 5.32 Å². The summed E-state index contributed by atoms with van der Waals surface area (Å²) in [5.41, 5.74) is 1.79. The van der Waals surface area contributed by atoms with Gasteiger partial charge in [-0.2, -0.15) is 0 Å². The first-order valence-corrected chi connectivity index (χ1v) is 11.2. The fourth-order valence-corrected chi connectivity index (χ4v) is 4.01. The Hall–Kier alpha value is -1.69. The average Bonchev–Trinajstić information content (AvgIpc) is 2.66. The number of thioether (sulfide) groups is 1. The molecule has 0 fully saturated rings. The number of aryl methyl sites for hydroxylation is 1. The number of hydrogen-bond acceptors (Lipinski definition) is 3. The van der Waals surface area contributed by atoms with Crippen molar-refractivity contribution in [3.05, 3.63) is 63.6 Å². The average molecular weight is 453 g/mol. The Morgan fingerprint density at radius 2 is 1.62 bits per heavy atom. The van der Waals surface area contributed by atoms with Crippen molar-refractivity contribution < 1.29 is 9.59 Å². The summed E-state index contributed by atoms with van der Waals surface area (Å²) in [7, 11) is 0. The summed E-state index contributed by atoms with van der Waals surface area (Å²) < 4.78 is 0. The van der Waals surface area contributed by atoms with Gasteiger partial charge in [-0.15, -0.1) is 11.8 Å². The Morgan fingerprint density at radius 3 is 2.17 bits per heavy atom. The first-order valence-electron chi connectivity index (χ1n) is 9.41. The molecule has 2 amide bonds. The van der Waals surface area contributed by atoms with Crippen molar-refractivity contribution in [1.29, 1.82) is 0 Å². The molecule has 0 spiro atoms. The molecule has 0 aliphatic carbocycles. The minimum absolute atomic E-state index is 0.0206. The van der Waals surface area contributed by atoms with Crippen molar-refractivity contribution in [1.82, 2.24) is 10.2 Å². The van der Waals surface area contributed by atoms with Crippen LogP contribution in [0.5, 0.6) is 0 Å². The topological polar surface area (TPSA) is 49.4 Å². The van der Waals surface area contributed by atoms with Gasteiger partial charge in [0.05, 0.1) is 5.75 Å². The molecule has 0 aromatic heterocycles. The summed E-state index contributed by atoms with van der Waals surface area (Å²) in [6.07, 6.45) is 0. The molecule has 29 heavy (non-hydrogen) atoms. The minimum Gasteiger partial charge on any atom is -0.352 e. The fraction of sp³-hybridized carbons (Fsp3) is 0.364. The van der Waals surface area contributed by atoms with Crippen LogP contribution in [0.1, 0.15) is 31.9 Å². The van der Waals surface area contributed by atoms with E-state index < -0.39 is 6.04 Å². The Labute approximate surface area is 187 Å². The van der Waals surface area contributed by atoms with E-state index in [9.17, 15) is 9.59 Å². The van der Waals surface area contributed by atoms with E-state index in [1.807, 2.05) is 45.0 Å². The van der Waals surface area contributed by atoms with Gasteiger partial charge in [0.25, 0.3) is 0 Å². The summed E-state index contributed by atoms with van der Waals surface area (Å²) in [6.45, 7) is 7.67. The van der Waals surface area contributed by atoms with Gasteiger partial charge < -0.3 is 10.2 Å². The van der Waals surface area contributed by atoms with Gasteiger partial charge >= 0.3 is 0 Å². The highest BCUT2D eigenvalue weighted by atomic mass is 35.5. The zero-order chi connectivity index (χ0) is 21.6. The molecule has 2 aromatic carbocycles. The molecule has 2 aromatic rings. The van der Waals surface area contributed by atoms with Crippen LogP contribution < -0.4 is 5.32 Å². The van der Waals surface area contributed by atoms with E-state index in [1.54, 1.807) is 25.1 Å². The Morgan fingerprint density at radius 1 is 1.03 bits per heavy atom. The van der Waals surface area contributed by atoms with Crippen LogP contribution in [0.15, 0.2) is 47.4 Å². The molecule has 0 radical (unpaired) electrons. The van der Waals surface area contributed by atoms with Gasteiger partial charge in [-0.1, -0.05) is 47.0 Å². The third-order valence-corrected chi connectivity index (χ3v) is 6.08. The lowest BCUT2D eigenvalue weighted by molar-refractivity contribution is -0.138. The number of nitrogens with one attached hydrogen (secondary N) is 1. The van der Waals surface area contributed by atoms with E-state index in [1.165, 1.54) is 16.7 Å². The fourth-order valence-electron chi connectivity index (χ4n) is 2.70. The second-order valence-electron chi connectivity index (χ2n) is 7.16. The predicted molar refractivity (Wildman–Crippen MR) is 122 cm³/mol. The van der Waals surface area contributed by atoms with Crippen LogP contribution in [0, 0.1) is 6.92 Å². The van der Waals surface area contributed by atoms with Crippen LogP contribution in [0.3, 0.4) is 0 Å². The third-order valence-electron chi connectivity index (χ3n) is 4.37. The molecule has 0 saturated heterocycles. The molecule has 2 rings (SSSR count). The van der Waals surface area contributed by atoms with Crippen LogP contribution >= 0.6 is 35.0 Å². The molecule has 4 nitrogen and oxygen atoms in total. The van der Waals surface area contributed by atoms with E-state index in [4.69, 9.17) is 23.2 Å². The number of halogens is 2. The maximum absolute atomic E-state index is 13.1. The number of amides is 2. The lowest BCUT2D eigenvalue weighted by Crippen LogP contribution is -2.49. The highest BCUT2D eigenvalue weighted by Crippen LogP contribution is 2.27. The molecule has 1 N–H and O–H groups in total. The smallest absolute Gasteiger partial charge is 0.242 e. The maximum Gasteiger partial charge on any atom is 0.242 e. The van der Waals surface area contributed by atoms with Crippen molar-refractivity contribution in [2.75, 3.05) is 5.75 Å². The standard InChI is InChI=1S/C22H26Cl2N2O2S/c1-14(2)25-22(28)16(4)26(12-18-19(23)6-5-7-20(18)24)21(27)13-29-17-10-8-15(3)9-11-17/h5-11,14,16H,12-13H2,1-4H3,(H,25,28)/t16-/m0/s1. The zero-order valence-corrected chi connectivity index (χ0v) is 19.4. The van der Waals surface area contributed by atoms with E-state index in [0.717, 1.165) is 10.5 Å². The zero-order valence-electron chi connectivity index (χ0n) is 17.0. The second kappa shape index (κ2) is 10.9. The highest BCUT2D eigenvalue weighted by Gasteiger charge is 2.27. The summed E-state index contributed by atoms with van der Waals surface area (Å²) in [6, 6.07) is 12.5. The molecule has 0 heterocycles. The number of carbonyl (C=O) groups is 2. The van der Waals surface area contributed by atoms with Crippen LogP contribution in [0.2, 0.25) is 10.0 Å². The molecule has 1 atom stereocenters. The van der Waals surface area contributed by atoms with Crippen LogP contribution in [-0.4, -0.2) is 34.6 Å². The first-order chi connectivity index (χ1) is 13.7. The van der Waals surface area contributed by atoms with Crippen molar-refractivity contribution in [3.63, 3.8) is 0 Å². The lowest BCUT2D eigenvalue weighted by atomic mass is 10.1. The Kier molecular flexibility index (Phi) is 8.87. The summed E-state index contributed by atoms with van der Waals surface area (Å²) in [4.78, 5) is 28.2. The van der Waals surface area contributed by atoms with Crippen LogP contribution in [0.4, 0.5) is 0 Å². The molecule has 0 unspecified atom stereocenters. The van der Waals surface area contributed by atoms with E-state index in [0.29, 0.717) is 15.6 Å². The minimum atomic E-state index is -0.657. The number of benzene rings is 2. The van der Waals surface area contributed by atoms with Crippen molar-refractivity contribution in [2.45, 2.75) is 51.2 Å². The Balaban J connectivity index is 2.21. The van der Waals surface area contributed by atoms with Gasteiger partial charge in [-0.3, -0.25) is 9.59 Å². The summed E-state index contributed by atoms with van der Waals surface area (Å²) in [5.74, 6) is -0.153. The van der Waals surface area contributed by atoms with Gasteiger partial charge in [-0.05, 0) is 52.0 Å². The summed E-state index contributed by atoms with van der Waals surface area (Å²) >= 11 is 14.1. The quantitative estimate of drug-likeness (QED) is 0.550. The molecular weight excluding hydrogens is 427 g/mol. The SMILES string of the molecule is Cc1ccc(SCC(=O)N(Cc2c(Cl)cccc2Cl)[C@@H](C)C(=O)NC(C)C)cc1. The number of rotatable bonds is 8. The van der Waals surface area contributed by atoms with Gasteiger partial charge in [0.15, 0.2) is 0 Å². The van der Waals surface area contributed by atoms with Gasteiger partial charge in [-0.25, -0.2) is 0 Å². The second-order valence-corrected chi connectivity index (χ2v) is 9.03. The van der Waals surface area contributed by atoms with Crippen molar-refractivity contribution in [3.8, 4) is 0 Å². The number of nitrogens with zero attached hydrogens (tertiary/aromatic N) is 1. The molecule has 0 bridgehead atoms. The van der Waals surface area contributed by atoms with Crippen LogP contribution in [0.25, 0.3) is 0 Å². The molecular formula is C22H26Cl2N2O2S. The summed E-state index contributed by atoms with van der Waals surface area (Å²) in [5, 5.41) is 3.81. The maximum atomic E-state index is 13.1. The molecule has 0 aliphatic heterocycles. The molecule has 156 valence electrons. The molecule has 7 heteroatoms. The van der Waals surface area contributed by atoms with Crippen molar-refractivity contribution >= 4 is 46.8 Å². The lowest BCUT2D eigenvalue weighted by Gasteiger charge is -2.30. The largest absolute Gasteiger partial charge is 0.352 e. The van der Waals surface area contributed by atoms with Gasteiger partial charge in [0.2, 0.25) is 11.8 Å². The number of carbonyl (C=O) groups excluding carboxylic acids is 2. The van der Waals surface area contributed by atoms with E-state index >= 15 is 0 Å². The normalized spacial score (nSPS) is 12.0. The van der Waals surface area contributed by atoms with Crippen molar-refractivity contribution in [2.24, 2.45) is 0 Å². The molecule has 0 aliphatic rings. The first kappa shape index (κ1) is 23.6. The van der Waals surface area contributed by atoms with Gasteiger partial charge in [0.1, 0.15) is 6.04 Å². The highest BCUT2D eigenvalue weighted by molar-refractivity contribution is 8.00. The van der Waals surface area contributed by atoms with E-state index in [-0.39, 0.29) is 30.2 Å². The predicted octanol–water partition coefficient (Wildman–Crippen LogP) is 5.34. The third kappa shape index (κ3) is 6.95. The van der Waals surface area contributed by atoms with Crippen LogP contribution in [-0.2, 0) is 16.1 Å². The van der Waals surface area contributed by atoms with Gasteiger partial charge in [0, 0.05) is 33.1 Å². The Bertz CT molecular complexity index is 836. The monoisotopic (exact) mass is 452 g/mol.